The molecule has 3 aromatic rings. The number of hydrogen-bond acceptors (Lipinski definition) is 6. The zero-order valence-corrected chi connectivity index (χ0v) is 19.6. The maximum atomic E-state index is 12.4. The number of fused-ring (bicyclic) bond motifs is 1. The summed E-state index contributed by atoms with van der Waals surface area (Å²) in [4.78, 5) is 27.0. The van der Waals surface area contributed by atoms with Gasteiger partial charge in [-0.2, -0.15) is 0 Å². The Labute approximate surface area is 197 Å². The van der Waals surface area contributed by atoms with Crippen LogP contribution in [0.1, 0.15) is 45.2 Å². The van der Waals surface area contributed by atoms with Crippen LogP contribution in [0.25, 0.3) is 16.8 Å². The van der Waals surface area contributed by atoms with Gasteiger partial charge in [0, 0.05) is 49.9 Å². The van der Waals surface area contributed by atoms with Gasteiger partial charge in [0.2, 0.25) is 18.3 Å². The lowest BCUT2D eigenvalue weighted by molar-refractivity contribution is -0.129. The molecule has 1 saturated heterocycles. The van der Waals surface area contributed by atoms with Crippen molar-refractivity contribution in [3.63, 3.8) is 0 Å². The van der Waals surface area contributed by atoms with E-state index in [0.717, 1.165) is 48.4 Å². The number of pyridine rings is 1. The van der Waals surface area contributed by atoms with E-state index in [1.165, 1.54) is 0 Å². The SMILES string of the molecule is CC(=O)N1CCC(Nc2ncc3c(-c4ccc(N=C(C)CCC(F)F)c(C)n4)ccn3n2)CC1. The molecule has 0 saturated carbocycles. The van der Waals surface area contributed by atoms with Gasteiger partial charge in [-0.05, 0) is 51.3 Å². The first-order valence-corrected chi connectivity index (χ1v) is 11.5. The fourth-order valence-electron chi connectivity index (χ4n) is 4.11. The molecular weight excluding hydrogens is 440 g/mol. The molecular formula is C24H29F2N7O. The van der Waals surface area contributed by atoms with E-state index >= 15 is 0 Å². The molecule has 4 rings (SSSR count). The minimum Gasteiger partial charge on any atom is -0.350 e. The van der Waals surface area contributed by atoms with Gasteiger partial charge in [-0.3, -0.25) is 14.8 Å². The highest BCUT2D eigenvalue weighted by Crippen LogP contribution is 2.27. The van der Waals surface area contributed by atoms with E-state index < -0.39 is 6.43 Å². The Morgan fingerprint density at radius 2 is 2.00 bits per heavy atom. The molecule has 1 N–H and O–H groups in total. The van der Waals surface area contributed by atoms with Crippen molar-refractivity contribution in [2.24, 2.45) is 4.99 Å². The third-order valence-electron chi connectivity index (χ3n) is 6.06. The molecule has 8 nitrogen and oxygen atoms in total. The zero-order valence-electron chi connectivity index (χ0n) is 19.6. The van der Waals surface area contributed by atoms with Gasteiger partial charge in [0.25, 0.3) is 0 Å². The number of carbonyl (C=O) groups excluding carboxylic acids is 1. The molecule has 0 unspecified atom stereocenters. The summed E-state index contributed by atoms with van der Waals surface area (Å²) < 4.78 is 26.6. The summed E-state index contributed by atoms with van der Waals surface area (Å²) in [5.41, 5.74) is 4.56. The molecule has 1 aliphatic rings. The fourth-order valence-corrected chi connectivity index (χ4v) is 4.11. The van der Waals surface area contributed by atoms with E-state index in [9.17, 15) is 13.6 Å². The largest absolute Gasteiger partial charge is 0.350 e. The molecule has 3 aromatic heterocycles. The van der Waals surface area contributed by atoms with Crippen LogP contribution in [0, 0.1) is 6.92 Å². The molecule has 0 radical (unpaired) electrons. The molecule has 0 atom stereocenters. The Kier molecular flexibility index (Phi) is 7.14. The van der Waals surface area contributed by atoms with Crippen molar-refractivity contribution in [3.8, 4) is 11.3 Å². The topological polar surface area (TPSA) is 87.8 Å². The number of alkyl halides is 2. The second-order valence-electron chi connectivity index (χ2n) is 8.64. The van der Waals surface area contributed by atoms with Gasteiger partial charge >= 0.3 is 0 Å². The minimum atomic E-state index is -2.33. The third-order valence-corrected chi connectivity index (χ3v) is 6.06. The summed E-state index contributed by atoms with van der Waals surface area (Å²) in [6.45, 7) is 6.69. The first-order chi connectivity index (χ1) is 16.3. The summed E-state index contributed by atoms with van der Waals surface area (Å²) >= 11 is 0. The highest BCUT2D eigenvalue weighted by atomic mass is 19.3. The molecule has 1 aliphatic heterocycles. The summed E-state index contributed by atoms with van der Waals surface area (Å²) in [5, 5.41) is 7.96. The number of halogens is 2. The van der Waals surface area contributed by atoms with Crippen molar-refractivity contribution in [2.45, 2.75) is 58.9 Å². The number of nitrogens with one attached hydrogen (secondary N) is 1. The first kappa shape index (κ1) is 23.7. The average Bonchev–Trinajstić information content (AvgIpc) is 3.22. The third kappa shape index (κ3) is 5.55. The molecule has 180 valence electrons. The number of piperidine rings is 1. The lowest BCUT2D eigenvalue weighted by atomic mass is 10.1. The van der Waals surface area contributed by atoms with Crippen LogP contribution in [0.15, 0.2) is 35.6 Å². The lowest BCUT2D eigenvalue weighted by Gasteiger charge is -2.31. The highest BCUT2D eigenvalue weighted by Gasteiger charge is 2.21. The van der Waals surface area contributed by atoms with Crippen LogP contribution in [-0.2, 0) is 4.79 Å². The Hall–Kier alpha value is -3.43. The lowest BCUT2D eigenvalue weighted by Crippen LogP contribution is -2.41. The number of aryl methyl sites for hydroxylation is 1. The number of aliphatic imine (C=N–C) groups is 1. The van der Waals surface area contributed by atoms with E-state index in [-0.39, 0.29) is 24.8 Å². The zero-order chi connectivity index (χ0) is 24.2. The number of rotatable bonds is 7. The number of likely N-dealkylation sites (tertiary alicyclic amines) is 1. The van der Waals surface area contributed by atoms with Crippen LogP contribution < -0.4 is 5.32 Å². The van der Waals surface area contributed by atoms with Crippen molar-refractivity contribution in [1.29, 1.82) is 0 Å². The minimum absolute atomic E-state index is 0.113. The van der Waals surface area contributed by atoms with Crippen LogP contribution in [0.5, 0.6) is 0 Å². The Morgan fingerprint density at radius 3 is 2.68 bits per heavy atom. The van der Waals surface area contributed by atoms with Crippen LogP contribution >= 0.6 is 0 Å². The summed E-state index contributed by atoms with van der Waals surface area (Å²) in [7, 11) is 0. The van der Waals surface area contributed by atoms with Gasteiger partial charge < -0.3 is 10.2 Å². The van der Waals surface area contributed by atoms with Crippen LogP contribution in [-0.4, -0.2) is 61.7 Å². The predicted octanol–water partition coefficient (Wildman–Crippen LogP) is 4.66. The van der Waals surface area contributed by atoms with Crippen LogP contribution in [0.4, 0.5) is 20.4 Å². The van der Waals surface area contributed by atoms with Crippen LogP contribution in [0.2, 0.25) is 0 Å². The van der Waals surface area contributed by atoms with Gasteiger partial charge in [-0.25, -0.2) is 18.3 Å². The van der Waals surface area contributed by atoms with Crippen molar-refractivity contribution >= 4 is 28.8 Å². The molecule has 0 spiro atoms. The van der Waals surface area contributed by atoms with Gasteiger partial charge in [-0.1, -0.05) is 0 Å². The van der Waals surface area contributed by atoms with E-state index in [0.29, 0.717) is 17.3 Å². The Morgan fingerprint density at radius 1 is 1.24 bits per heavy atom. The molecule has 4 heterocycles. The Bertz CT molecular complexity index is 1200. The van der Waals surface area contributed by atoms with Crippen molar-refractivity contribution < 1.29 is 13.6 Å². The average molecular weight is 470 g/mol. The predicted molar refractivity (Wildman–Crippen MR) is 128 cm³/mol. The highest BCUT2D eigenvalue weighted by molar-refractivity contribution is 5.85. The van der Waals surface area contributed by atoms with Crippen LogP contribution in [0.3, 0.4) is 0 Å². The van der Waals surface area contributed by atoms with Gasteiger partial charge in [0.1, 0.15) is 0 Å². The summed E-state index contributed by atoms with van der Waals surface area (Å²) in [5.74, 6) is 0.658. The number of carbonyl (C=O) groups is 1. The molecule has 10 heteroatoms. The van der Waals surface area contributed by atoms with E-state index in [1.54, 1.807) is 24.6 Å². The standard InChI is InChI=1S/C24H29F2N7O/c1-15(4-7-23(25)26)28-20-5-6-21(29-16(20)2)19-10-13-33-22(19)14-27-24(31-33)30-18-8-11-32(12-9-18)17(3)34/h5-6,10,13-14,18,23H,4,7-9,11-12H2,1-3H3,(H,30,31). The normalized spacial score (nSPS) is 15.4. The smallest absolute Gasteiger partial charge is 0.241 e. The molecule has 1 fully saturated rings. The monoisotopic (exact) mass is 469 g/mol. The molecule has 0 aromatic carbocycles. The number of nitrogens with zero attached hydrogens (tertiary/aromatic N) is 6. The number of hydrogen-bond donors (Lipinski definition) is 1. The van der Waals surface area contributed by atoms with E-state index in [4.69, 9.17) is 0 Å². The number of amides is 1. The molecule has 34 heavy (non-hydrogen) atoms. The van der Waals surface area contributed by atoms with Crippen molar-refractivity contribution in [1.82, 2.24) is 24.5 Å². The van der Waals surface area contributed by atoms with E-state index in [2.05, 4.69) is 25.4 Å². The van der Waals surface area contributed by atoms with Crippen molar-refractivity contribution in [3.05, 3.63) is 36.3 Å². The quantitative estimate of drug-likeness (QED) is 0.509. The number of anilines is 1. The first-order valence-electron chi connectivity index (χ1n) is 11.5. The summed E-state index contributed by atoms with van der Waals surface area (Å²) in [6, 6.07) is 5.90. The molecule has 0 aliphatic carbocycles. The van der Waals surface area contributed by atoms with Gasteiger partial charge in [0.05, 0.1) is 28.8 Å². The maximum Gasteiger partial charge on any atom is 0.241 e. The fraction of sp³-hybridized carbons (Fsp3) is 0.458. The summed E-state index contributed by atoms with van der Waals surface area (Å²) in [6.07, 6.45) is 3.10. The molecule has 0 bridgehead atoms. The Balaban J connectivity index is 1.47. The second kappa shape index (κ2) is 10.2. The molecule has 1 amide bonds. The van der Waals surface area contributed by atoms with Gasteiger partial charge in [0.15, 0.2) is 0 Å². The second-order valence-corrected chi connectivity index (χ2v) is 8.64. The van der Waals surface area contributed by atoms with Crippen molar-refractivity contribution in [2.75, 3.05) is 18.4 Å². The number of aromatic nitrogens is 4. The van der Waals surface area contributed by atoms with E-state index in [1.807, 2.05) is 36.2 Å². The maximum absolute atomic E-state index is 12.4. The van der Waals surface area contributed by atoms with Gasteiger partial charge in [-0.15, -0.1) is 5.10 Å².